The van der Waals surface area contributed by atoms with E-state index in [-0.39, 0.29) is 11.4 Å². The number of rotatable bonds is 2. The van der Waals surface area contributed by atoms with Crippen LogP contribution >= 0.6 is 11.3 Å². The molecule has 0 spiro atoms. The van der Waals surface area contributed by atoms with Gasteiger partial charge in [-0.05, 0) is 48.6 Å². The van der Waals surface area contributed by atoms with Gasteiger partial charge in [-0.2, -0.15) is 0 Å². The minimum atomic E-state index is -0.302. The van der Waals surface area contributed by atoms with E-state index in [1.54, 1.807) is 46.6 Å². The molecule has 4 aromatic rings. The normalized spacial score (nSPS) is 13.6. The van der Waals surface area contributed by atoms with Crippen molar-refractivity contribution in [3.63, 3.8) is 0 Å². The molecule has 4 nitrogen and oxygen atoms in total. The summed E-state index contributed by atoms with van der Waals surface area (Å²) in [4.78, 5) is 23.9. The Kier molecular flexibility index (Phi) is 3.21. The van der Waals surface area contributed by atoms with Crippen LogP contribution in [0.5, 0.6) is 0 Å². The molecule has 3 heterocycles. The Morgan fingerprint density at radius 1 is 1.20 bits per heavy atom. The van der Waals surface area contributed by atoms with Gasteiger partial charge in [-0.3, -0.25) is 14.3 Å². The first-order valence-corrected chi connectivity index (χ1v) is 9.06. The smallest absolute Gasteiger partial charge is 0.262 e. The first kappa shape index (κ1) is 14.7. The lowest BCUT2D eigenvalue weighted by Crippen LogP contribution is -2.21. The highest BCUT2D eigenvalue weighted by Crippen LogP contribution is 2.34. The van der Waals surface area contributed by atoms with Gasteiger partial charge in [0.15, 0.2) is 0 Å². The number of nitrogens with zero attached hydrogens (tertiary/aromatic N) is 3. The van der Waals surface area contributed by atoms with Crippen LogP contribution in [0.3, 0.4) is 0 Å². The van der Waals surface area contributed by atoms with Gasteiger partial charge in [0.05, 0.1) is 23.8 Å². The fourth-order valence-electron chi connectivity index (χ4n) is 3.64. The highest BCUT2D eigenvalue weighted by Gasteiger charge is 2.21. The standard InChI is InChI=1S/C19H14FN3OS/c20-14-7-6-11(17-12(14)4-2-8-21-17)9-23-10-22-18-16(19(23)24)13-3-1-5-15(13)25-18/h2,4,6-8,10H,1,3,5,9H2. The summed E-state index contributed by atoms with van der Waals surface area (Å²) in [7, 11) is 0. The Bertz CT molecular complexity index is 1190. The third kappa shape index (κ3) is 2.21. The van der Waals surface area contributed by atoms with Crippen LogP contribution < -0.4 is 5.56 Å². The second-order valence-electron chi connectivity index (χ2n) is 6.32. The number of hydrogen-bond donors (Lipinski definition) is 0. The summed E-state index contributed by atoms with van der Waals surface area (Å²) in [6.07, 6.45) is 6.34. The zero-order valence-corrected chi connectivity index (χ0v) is 14.1. The molecule has 0 atom stereocenters. The number of hydrogen-bond acceptors (Lipinski definition) is 4. The van der Waals surface area contributed by atoms with Crippen molar-refractivity contribution in [1.29, 1.82) is 0 Å². The monoisotopic (exact) mass is 351 g/mol. The van der Waals surface area contributed by atoms with Crippen LogP contribution in [0.4, 0.5) is 4.39 Å². The lowest BCUT2D eigenvalue weighted by Gasteiger charge is -2.09. The highest BCUT2D eigenvalue weighted by molar-refractivity contribution is 7.18. The van der Waals surface area contributed by atoms with E-state index < -0.39 is 0 Å². The molecule has 0 N–H and O–H groups in total. The summed E-state index contributed by atoms with van der Waals surface area (Å²) in [6, 6.07) is 6.54. The number of aromatic nitrogens is 3. The lowest BCUT2D eigenvalue weighted by molar-refractivity contribution is 0.638. The average molecular weight is 351 g/mol. The average Bonchev–Trinajstić information content (AvgIpc) is 3.21. The molecule has 25 heavy (non-hydrogen) atoms. The van der Waals surface area contributed by atoms with Crippen LogP contribution in [0.25, 0.3) is 21.1 Å². The van der Waals surface area contributed by atoms with E-state index in [9.17, 15) is 9.18 Å². The molecule has 0 amide bonds. The van der Waals surface area contributed by atoms with Gasteiger partial charge in [0, 0.05) is 16.5 Å². The van der Waals surface area contributed by atoms with Gasteiger partial charge in [-0.15, -0.1) is 11.3 Å². The second-order valence-corrected chi connectivity index (χ2v) is 7.40. The van der Waals surface area contributed by atoms with E-state index in [0.29, 0.717) is 17.4 Å². The van der Waals surface area contributed by atoms with Crippen LogP contribution in [0.15, 0.2) is 41.6 Å². The van der Waals surface area contributed by atoms with Crippen molar-refractivity contribution in [2.24, 2.45) is 0 Å². The van der Waals surface area contributed by atoms with Crippen LogP contribution in [-0.4, -0.2) is 14.5 Å². The zero-order chi connectivity index (χ0) is 17.0. The minimum absolute atomic E-state index is 0.0159. The molecule has 5 rings (SSSR count). The molecule has 1 aliphatic carbocycles. The van der Waals surface area contributed by atoms with E-state index in [4.69, 9.17) is 0 Å². The van der Waals surface area contributed by atoms with Crippen LogP contribution in [-0.2, 0) is 19.4 Å². The molecule has 1 aliphatic rings. The molecule has 0 aliphatic heterocycles. The molecule has 0 saturated carbocycles. The van der Waals surface area contributed by atoms with E-state index in [1.807, 2.05) is 0 Å². The van der Waals surface area contributed by atoms with Crippen LogP contribution in [0, 0.1) is 5.82 Å². The predicted molar refractivity (Wildman–Crippen MR) is 96.7 cm³/mol. The Labute approximate surface area is 146 Å². The van der Waals surface area contributed by atoms with Gasteiger partial charge in [-0.1, -0.05) is 6.07 Å². The Morgan fingerprint density at radius 3 is 3.04 bits per heavy atom. The molecule has 0 bridgehead atoms. The molecule has 124 valence electrons. The van der Waals surface area contributed by atoms with Crippen LogP contribution in [0.2, 0.25) is 0 Å². The van der Waals surface area contributed by atoms with Crippen molar-refractivity contribution in [2.75, 3.05) is 0 Å². The molecule has 0 saturated heterocycles. The first-order valence-electron chi connectivity index (χ1n) is 8.24. The molecular weight excluding hydrogens is 337 g/mol. The van der Waals surface area contributed by atoms with Gasteiger partial charge < -0.3 is 0 Å². The van der Waals surface area contributed by atoms with Crippen molar-refractivity contribution in [1.82, 2.24) is 14.5 Å². The number of thiophene rings is 1. The third-order valence-corrected chi connectivity index (χ3v) is 6.03. The number of pyridine rings is 1. The van der Waals surface area contributed by atoms with Gasteiger partial charge in [0.2, 0.25) is 0 Å². The maximum absolute atomic E-state index is 14.0. The number of aryl methyl sites for hydroxylation is 2. The Morgan fingerprint density at radius 2 is 2.12 bits per heavy atom. The third-order valence-electron chi connectivity index (χ3n) is 4.83. The SMILES string of the molecule is O=c1c2c3c(sc2ncn1Cc1ccc(F)c2cccnc12)CCC3. The molecule has 0 fully saturated rings. The summed E-state index contributed by atoms with van der Waals surface area (Å²) < 4.78 is 15.6. The summed E-state index contributed by atoms with van der Waals surface area (Å²) in [5, 5.41) is 1.23. The van der Waals surface area contributed by atoms with Gasteiger partial charge in [0.1, 0.15) is 10.6 Å². The fourth-order valence-corrected chi connectivity index (χ4v) is 4.86. The highest BCUT2D eigenvalue weighted by atomic mass is 32.1. The molecular formula is C19H14FN3OS. The number of fused-ring (bicyclic) bond motifs is 4. The summed E-state index contributed by atoms with van der Waals surface area (Å²) in [5.41, 5.74) is 2.56. The Balaban J connectivity index is 1.67. The molecule has 3 aromatic heterocycles. The van der Waals surface area contributed by atoms with Crippen LogP contribution in [0.1, 0.15) is 22.4 Å². The Hall–Kier alpha value is -2.60. The largest absolute Gasteiger partial charge is 0.294 e. The molecule has 0 unspecified atom stereocenters. The molecule has 1 aromatic carbocycles. The quantitative estimate of drug-likeness (QED) is 0.553. The van der Waals surface area contributed by atoms with E-state index in [0.717, 1.165) is 35.0 Å². The maximum atomic E-state index is 14.0. The first-order chi connectivity index (χ1) is 12.2. The number of halogens is 1. The van der Waals surface area contributed by atoms with Gasteiger partial charge in [0.25, 0.3) is 5.56 Å². The maximum Gasteiger partial charge on any atom is 0.262 e. The van der Waals surface area contributed by atoms with E-state index in [2.05, 4.69) is 9.97 Å². The van der Waals surface area contributed by atoms with Crippen molar-refractivity contribution in [2.45, 2.75) is 25.8 Å². The van der Waals surface area contributed by atoms with Crippen molar-refractivity contribution < 1.29 is 4.39 Å². The topological polar surface area (TPSA) is 47.8 Å². The van der Waals surface area contributed by atoms with Crippen molar-refractivity contribution in [3.05, 3.63) is 69.0 Å². The fraction of sp³-hybridized carbons (Fsp3) is 0.211. The minimum Gasteiger partial charge on any atom is -0.294 e. The van der Waals surface area contributed by atoms with Crippen molar-refractivity contribution >= 4 is 32.5 Å². The molecule has 6 heteroatoms. The predicted octanol–water partition coefficient (Wildman–Crippen LogP) is 3.68. The van der Waals surface area contributed by atoms with Gasteiger partial charge in [-0.25, -0.2) is 9.37 Å². The molecule has 0 radical (unpaired) electrons. The summed E-state index contributed by atoms with van der Waals surface area (Å²) in [6.45, 7) is 0.334. The van der Waals surface area contributed by atoms with Gasteiger partial charge >= 0.3 is 0 Å². The zero-order valence-electron chi connectivity index (χ0n) is 13.3. The summed E-state index contributed by atoms with van der Waals surface area (Å²) >= 11 is 1.63. The lowest BCUT2D eigenvalue weighted by atomic mass is 10.1. The second kappa shape index (κ2) is 5.46. The number of benzene rings is 1. The van der Waals surface area contributed by atoms with E-state index in [1.165, 1.54) is 16.5 Å². The summed E-state index contributed by atoms with van der Waals surface area (Å²) in [5.74, 6) is -0.302. The van der Waals surface area contributed by atoms with E-state index >= 15 is 0 Å². The van der Waals surface area contributed by atoms with Crippen molar-refractivity contribution in [3.8, 4) is 0 Å².